The molecule has 4 heteroatoms. The number of halogens is 1. The summed E-state index contributed by atoms with van der Waals surface area (Å²) < 4.78 is 13.1. The number of rotatable bonds is 3. The van der Waals surface area contributed by atoms with Gasteiger partial charge in [0.05, 0.1) is 5.56 Å². The fourth-order valence-electron chi connectivity index (χ4n) is 1.20. The van der Waals surface area contributed by atoms with E-state index in [-0.39, 0.29) is 11.0 Å². The molecule has 1 aromatic rings. The highest BCUT2D eigenvalue weighted by molar-refractivity contribution is 5.94. The van der Waals surface area contributed by atoms with Crippen molar-refractivity contribution in [1.29, 1.82) is 0 Å². The first-order valence-corrected chi connectivity index (χ1v) is 5.29. The molecular weight excluding hydrogens is 207 g/mol. The van der Waals surface area contributed by atoms with E-state index in [0.29, 0.717) is 6.54 Å². The Kier molecular flexibility index (Phi) is 3.99. The second kappa shape index (κ2) is 5.05. The zero-order chi connectivity index (χ0) is 12.2. The van der Waals surface area contributed by atoms with Crippen molar-refractivity contribution in [3.63, 3.8) is 0 Å². The van der Waals surface area contributed by atoms with Gasteiger partial charge in [-0.1, -0.05) is 20.8 Å². The molecule has 0 atom stereocenters. The molecule has 1 N–H and O–H groups in total. The fraction of sp³-hybridized carbons (Fsp3) is 0.500. The lowest BCUT2D eigenvalue weighted by molar-refractivity contribution is 0.0944. The minimum Gasteiger partial charge on any atom is -0.352 e. The van der Waals surface area contributed by atoms with Crippen molar-refractivity contribution >= 4 is 5.91 Å². The molecule has 0 aliphatic heterocycles. The van der Waals surface area contributed by atoms with Crippen molar-refractivity contribution in [1.82, 2.24) is 10.3 Å². The number of nitrogens with zero attached hydrogens (tertiary/aromatic N) is 1. The largest absolute Gasteiger partial charge is 0.352 e. The van der Waals surface area contributed by atoms with Crippen LogP contribution < -0.4 is 5.32 Å². The molecule has 3 nitrogen and oxygen atoms in total. The van der Waals surface area contributed by atoms with Crippen LogP contribution in [0, 0.1) is 11.4 Å². The van der Waals surface area contributed by atoms with Gasteiger partial charge in [-0.2, -0.15) is 4.39 Å². The molecule has 0 saturated heterocycles. The van der Waals surface area contributed by atoms with Crippen LogP contribution in [0.1, 0.15) is 37.6 Å². The monoisotopic (exact) mass is 224 g/mol. The van der Waals surface area contributed by atoms with Crippen LogP contribution in [0.2, 0.25) is 0 Å². The van der Waals surface area contributed by atoms with Crippen LogP contribution in [-0.4, -0.2) is 17.4 Å². The van der Waals surface area contributed by atoms with Gasteiger partial charge in [-0.25, -0.2) is 4.98 Å². The first-order valence-electron chi connectivity index (χ1n) is 5.29. The summed E-state index contributed by atoms with van der Waals surface area (Å²) >= 11 is 0. The molecule has 16 heavy (non-hydrogen) atoms. The number of aromatic nitrogens is 1. The number of amides is 1. The summed E-state index contributed by atoms with van der Waals surface area (Å²) in [5.74, 6) is -1.13. The molecule has 88 valence electrons. The normalized spacial score (nSPS) is 11.2. The van der Waals surface area contributed by atoms with Crippen molar-refractivity contribution < 1.29 is 9.18 Å². The first-order chi connectivity index (χ1) is 7.40. The number of nitrogens with one attached hydrogen (secondary N) is 1. The lowest BCUT2D eigenvalue weighted by Gasteiger charge is -2.17. The molecular formula is C12H17FN2O. The molecule has 1 heterocycles. The Morgan fingerprint density at radius 2 is 2.19 bits per heavy atom. The third-order valence-electron chi connectivity index (χ3n) is 2.16. The Bertz CT molecular complexity index is 372. The molecule has 1 amide bonds. The predicted octanol–water partition coefficient (Wildman–Crippen LogP) is 2.39. The van der Waals surface area contributed by atoms with E-state index in [1.165, 1.54) is 12.3 Å². The summed E-state index contributed by atoms with van der Waals surface area (Å²) in [7, 11) is 0. The Hall–Kier alpha value is -1.45. The highest BCUT2D eigenvalue weighted by atomic mass is 19.1. The maximum Gasteiger partial charge on any atom is 0.255 e. The number of hydrogen-bond acceptors (Lipinski definition) is 2. The molecule has 0 aromatic carbocycles. The van der Waals surface area contributed by atoms with E-state index in [1.807, 2.05) is 0 Å². The van der Waals surface area contributed by atoms with E-state index in [2.05, 4.69) is 31.1 Å². The highest BCUT2D eigenvalue weighted by Crippen LogP contribution is 2.17. The summed E-state index contributed by atoms with van der Waals surface area (Å²) in [5, 5.41) is 2.68. The third kappa shape index (κ3) is 3.96. The van der Waals surface area contributed by atoms with E-state index in [1.54, 1.807) is 6.07 Å². The third-order valence-corrected chi connectivity index (χ3v) is 2.16. The van der Waals surface area contributed by atoms with Gasteiger partial charge in [0.25, 0.3) is 5.91 Å². The van der Waals surface area contributed by atoms with Crippen molar-refractivity contribution in [2.75, 3.05) is 6.54 Å². The molecule has 0 bridgehead atoms. The zero-order valence-electron chi connectivity index (χ0n) is 9.88. The smallest absolute Gasteiger partial charge is 0.255 e. The zero-order valence-corrected chi connectivity index (χ0v) is 9.88. The Balaban J connectivity index is 2.51. The van der Waals surface area contributed by atoms with Crippen LogP contribution in [0.5, 0.6) is 0 Å². The summed E-state index contributed by atoms with van der Waals surface area (Å²) in [5.41, 5.74) is 0.150. The van der Waals surface area contributed by atoms with Gasteiger partial charge >= 0.3 is 0 Å². The molecule has 0 saturated carbocycles. The summed E-state index contributed by atoms with van der Waals surface area (Å²) in [6, 6.07) is 2.97. The van der Waals surface area contributed by atoms with Gasteiger partial charge in [-0.05, 0) is 24.0 Å². The molecule has 0 unspecified atom stereocenters. The van der Waals surface area contributed by atoms with Crippen molar-refractivity contribution in [3.8, 4) is 0 Å². The maximum absolute atomic E-state index is 13.1. The van der Waals surface area contributed by atoms with Crippen LogP contribution in [0.15, 0.2) is 18.3 Å². The van der Waals surface area contributed by atoms with Crippen LogP contribution in [0.25, 0.3) is 0 Å². The predicted molar refractivity (Wildman–Crippen MR) is 60.6 cm³/mol. The van der Waals surface area contributed by atoms with Crippen molar-refractivity contribution in [2.24, 2.45) is 5.41 Å². The first kappa shape index (κ1) is 12.6. The van der Waals surface area contributed by atoms with E-state index in [0.717, 1.165) is 6.42 Å². The summed E-state index contributed by atoms with van der Waals surface area (Å²) in [6.45, 7) is 6.80. The standard InChI is InChI=1S/C12H17FN2O/c1-12(2,3)6-8-15-11(16)9-5-4-7-14-10(9)13/h4-5,7H,6,8H2,1-3H3,(H,15,16). The highest BCUT2D eigenvalue weighted by Gasteiger charge is 2.13. The van der Waals surface area contributed by atoms with Crippen LogP contribution >= 0.6 is 0 Å². The Labute approximate surface area is 95.1 Å². The molecule has 0 aliphatic rings. The second-order valence-corrected chi connectivity index (χ2v) is 4.91. The van der Waals surface area contributed by atoms with Gasteiger partial charge in [-0.3, -0.25) is 4.79 Å². The van der Waals surface area contributed by atoms with E-state index < -0.39 is 11.9 Å². The topological polar surface area (TPSA) is 42.0 Å². The van der Waals surface area contributed by atoms with Gasteiger partial charge in [0.2, 0.25) is 5.95 Å². The number of carbonyl (C=O) groups excluding carboxylic acids is 1. The van der Waals surface area contributed by atoms with Crippen molar-refractivity contribution in [3.05, 3.63) is 29.8 Å². The van der Waals surface area contributed by atoms with Crippen LogP contribution in [-0.2, 0) is 0 Å². The van der Waals surface area contributed by atoms with Crippen molar-refractivity contribution in [2.45, 2.75) is 27.2 Å². The van der Waals surface area contributed by atoms with Crippen LogP contribution in [0.4, 0.5) is 4.39 Å². The average Bonchev–Trinajstić information content (AvgIpc) is 2.16. The van der Waals surface area contributed by atoms with Crippen LogP contribution in [0.3, 0.4) is 0 Å². The molecule has 0 spiro atoms. The SMILES string of the molecule is CC(C)(C)CCNC(=O)c1cccnc1F. The molecule has 0 fully saturated rings. The quantitative estimate of drug-likeness (QED) is 0.801. The van der Waals surface area contributed by atoms with Gasteiger partial charge < -0.3 is 5.32 Å². The molecule has 0 aliphatic carbocycles. The number of pyridine rings is 1. The lowest BCUT2D eigenvalue weighted by atomic mass is 9.92. The minimum atomic E-state index is -0.726. The number of hydrogen-bond donors (Lipinski definition) is 1. The van der Waals surface area contributed by atoms with Gasteiger partial charge in [0, 0.05) is 12.7 Å². The Morgan fingerprint density at radius 1 is 1.50 bits per heavy atom. The molecule has 1 aromatic heterocycles. The fourth-order valence-corrected chi connectivity index (χ4v) is 1.20. The Morgan fingerprint density at radius 3 is 2.75 bits per heavy atom. The van der Waals surface area contributed by atoms with Gasteiger partial charge in [0.15, 0.2) is 0 Å². The summed E-state index contributed by atoms with van der Waals surface area (Å²) in [6.07, 6.45) is 2.17. The van der Waals surface area contributed by atoms with E-state index in [9.17, 15) is 9.18 Å². The summed E-state index contributed by atoms with van der Waals surface area (Å²) in [4.78, 5) is 15.0. The van der Waals surface area contributed by atoms with Gasteiger partial charge in [-0.15, -0.1) is 0 Å². The van der Waals surface area contributed by atoms with E-state index in [4.69, 9.17) is 0 Å². The number of carbonyl (C=O) groups is 1. The van der Waals surface area contributed by atoms with E-state index >= 15 is 0 Å². The lowest BCUT2D eigenvalue weighted by Crippen LogP contribution is -2.28. The molecule has 1 rings (SSSR count). The maximum atomic E-state index is 13.1. The molecule has 0 radical (unpaired) electrons. The second-order valence-electron chi connectivity index (χ2n) is 4.91. The van der Waals surface area contributed by atoms with Gasteiger partial charge in [0.1, 0.15) is 0 Å². The average molecular weight is 224 g/mol. The minimum absolute atomic E-state index is 0.00332.